The lowest BCUT2D eigenvalue weighted by Crippen LogP contribution is -2.27. The highest BCUT2D eigenvalue weighted by molar-refractivity contribution is 8.14. The Balaban J connectivity index is 1.56. The number of aromatic amines is 1. The fraction of sp³-hybridized carbons (Fsp3) is 0.231. The third-order valence-corrected chi connectivity index (χ3v) is 4.63. The van der Waals surface area contributed by atoms with Crippen molar-refractivity contribution in [3.8, 4) is 0 Å². The zero-order valence-electron chi connectivity index (χ0n) is 11.1. The van der Waals surface area contributed by atoms with Crippen LogP contribution < -0.4 is 5.32 Å². The Kier molecular flexibility index (Phi) is 4.56. The number of benzene rings is 1. The summed E-state index contributed by atoms with van der Waals surface area (Å²) in [5.74, 6) is 1.60. The predicted molar refractivity (Wildman–Crippen MR) is 84.6 cm³/mol. The Bertz CT molecular complexity index is 639. The summed E-state index contributed by atoms with van der Waals surface area (Å²) in [5.41, 5.74) is 1.76. The second-order valence-electron chi connectivity index (χ2n) is 4.27. The van der Waals surface area contributed by atoms with E-state index in [1.165, 1.54) is 6.33 Å². The first-order valence-corrected chi connectivity index (χ1v) is 8.34. The number of amides is 1. The third kappa shape index (κ3) is 3.85. The second kappa shape index (κ2) is 6.77. The largest absolute Gasteiger partial charge is 0.301 e. The molecular weight excluding hydrogens is 306 g/mol. The van der Waals surface area contributed by atoms with Gasteiger partial charge in [0.05, 0.1) is 6.54 Å². The van der Waals surface area contributed by atoms with Crippen LogP contribution in [0.25, 0.3) is 0 Å². The molecule has 0 atom stereocenters. The van der Waals surface area contributed by atoms with Gasteiger partial charge in [0.25, 0.3) is 5.91 Å². The van der Waals surface area contributed by atoms with Crippen LogP contribution in [0.1, 0.15) is 15.9 Å². The van der Waals surface area contributed by atoms with Crippen LogP contribution in [-0.4, -0.2) is 38.6 Å². The number of aliphatic imine (C=N–C) groups is 1. The molecule has 2 aromatic rings. The highest BCUT2D eigenvalue weighted by atomic mass is 32.2. The summed E-state index contributed by atoms with van der Waals surface area (Å²) in [6.07, 6.45) is 1.49. The van der Waals surface area contributed by atoms with Crippen LogP contribution in [0.3, 0.4) is 0 Å². The lowest BCUT2D eigenvalue weighted by Gasteiger charge is -2.05. The van der Waals surface area contributed by atoms with Gasteiger partial charge in [0.15, 0.2) is 10.3 Å². The molecule has 0 bridgehead atoms. The summed E-state index contributed by atoms with van der Waals surface area (Å²) in [7, 11) is 0. The van der Waals surface area contributed by atoms with E-state index in [1.54, 1.807) is 23.5 Å². The van der Waals surface area contributed by atoms with Gasteiger partial charge in [0, 0.05) is 17.1 Å². The van der Waals surface area contributed by atoms with Crippen molar-refractivity contribution < 1.29 is 4.79 Å². The van der Waals surface area contributed by atoms with Gasteiger partial charge in [-0.3, -0.25) is 14.9 Å². The number of carbonyl (C=O) groups is 1. The molecule has 0 fully saturated rings. The summed E-state index contributed by atoms with van der Waals surface area (Å²) >= 11 is 3.14. The molecule has 1 aromatic heterocycles. The summed E-state index contributed by atoms with van der Waals surface area (Å²) in [5, 5.41) is 10.9. The van der Waals surface area contributed by atoms with E-state index in [0.717, 1.165) is 28.8 Å². The molecule has 108 valence electrons. The molecule has 0 unspecified atom stereocenters. The van der Waals surface area contributed by atoms with E-state index >= 15 is 0 Å². The van der Waals surface area contributed by atoms with Crippen molar-refractivity contribution in [2.45, 2.75) is 10.9 Å². The zero-order chi connectivity index (χ0) is 14.5. The predicted octanol–water partition coefficient (Wildman–Crippen LogP) is 1.93. The van der Waals surface area contributed by atoms with Crippen molar-refractivity contribution in [1.29, 1.82) is 0 Å². The minimum atomic E-state index is -0.113. The van der Waals surface area contributed by atoms with Crippen LogP contribution in [0.5, 0.6) is 0 Å². The van der Waals surface area contributed by atoms with Gasteiger partial charge in [-0.1, -0.05) is 35.7 Å². The van der Waals surface area contributed by atoms with Crippen LogP contribution in [0, 0.1) is 0 Å². The van der Waals surface area contributed by atoms with Gasteiger partial charge < -0.3 is 5.32 Å². The van der Waals surface area contributed by atoms with E-state index < -0.39 is 0 Å². The minimum absolute atomic E-state index is 0.113. The van der Waals surface area contributed by atoms with Gasteiger partial charge in [-0.25, -0.2) is 4.98 Å². The van der Waals surface area contributed by atoms with Crippen molar-refractivity contribution >= 4 is 34.6 Å². The van der Waals surface area contributed by atoms with Crippen LogP contribution in [0.15, 0.2) is 40.7 Å². The molecule has 0 aliphatic carbocycles. The molecule has 1 aliphatic heterocycles. The van der Waals surface area contributed by atoms with Crippen molar-refractivity contribution in [3.05, 3.63) is 41.7 Å². The van der Waals surface area contributed by atoms with Crippen molar-refractivity contribution in [3.63, 3.8) is 0 Å². The van der Waals surface area contributed by atoms with E-state index in [-0.39, 0.29) is 5.91 Å². The molecule has 8 heteroatoms. The molecule has 0 saturated heterocycles. The maximum atomic E-state index is 12.0. The molecule has 2 N–H and O–H groups in total. The highest BCUT2D eigenvalue weighted by Gasteiger charge is 2.12. The number of carbonyl (C=O) groups excluding carboxylic acids is 1. The van der Waals surface area contributed by atoms with Crippen molar-refractivity contribution in [1.82, 2.24) is 20.5 Å². The first kappa shape index (κ1) is 14.2. The Labute approximate surface area is 130 Å². The van der Waals surface area contributed by atoms with E-state index in [4.69, 9.17) is 0 Å². The number of H-pyrrole nitrogens is 1. The number of aromatic nitrogens is 3. The van der Waals surface area contributed by atoms with E-state index in [9.17, 15) is 4.79 Å². The second-order valence-corrected chi connectivity index (χ2v) is 6.31. The SMILES string of the molecule is O=C(NC1=NCCS1)c1ccc(CSc2ncn[nH]2)cc1. The van der Waals surface area contributed by atoms with E-state index in [1.807, 2.05) is 24.3 Å². The fourth-order valence-corrected chi connectivity index (χ4v) is 3.21. The number of amidine groups is 1. The molecule has 1 amide bonds. The number of nitrogens with one attached hydrogen (secondary N) is 2. The van der Waals surface area contributed by atoms with Crippen molar-refractivity contribution in [2.75, 3.05) is 12.3 Å². The minimum Gasteiger partial charge on any atom is -0.301 e. The monoisotopic (exact) mass is 319 g/mol. The Morgan fingerprint density at radius 2 is 2.24 bits per heavy atom. The number of nitrogens with zero attached hydrogens (tertiary/aromatic N) is 3. The van der Waals surface area contributed by atoms with Crippen LogP contribution in [0.2, 0.25) is 0 Å². The Hall–Kier alpha value is -1.80. The highest BCUT2D eigenvalue weighted by Crippen LogP contribution is 2.18. The first-order valence-electron chi connectivity index (χ1n) is 6.37. The van der Waals surface area contributed by atoms with Gasteiger partial charge in [-0.15, -0.1) is 0 Å². The molecule has 3 rings (SSSR count). The summed E-state index contributed by atoms with van der Waals surface area (Å²) in [4.78, 5) is 20.3. The van der Waals surface area contributed by atoms with Crippen LogP contribution in [0.4, 0.5) is 0 Å². The van der Waals surface area contributed by atoms with Gasteiger partial charge in [-0.05, 0) is 17.7 Å². The summed E-state index contributed by atoms with van der Waals surface area (Å²) < 4.78 is 0. The number of rotatable bonds is 4. The van der Waals surface area contributed by atoms with Gasteiger partial charge >= 0.3 is 0 Å². The van der Waals surface area contributed by atoms with Crippen LogP contribution in [-0.2, 0) is 5.75 Å². The zero-order valence-corrected chi connectivity index (χ0v) is 12.7. The average Bonchev–Trinajstić information content (AvgIpc) is 3.19. The lowest BCUT2D eigenvalue weighted by atomic mass is 10.1. The standard InChI is InChI=1S/C13H13N5OS2/c19-11(17-12-14-5-6-20-12)10-3-1-9(2-4-10)7-21-13-15-8-16-18-13/h1-4,8H,5-7H2,(H,14,17,19)(H,15,16,18). The quantitative estimate of drug-likeness (QED) is 0.841. The van der Waals surface area contributed by atoms with Gasteiger partial charge in [0.1, 0.15) is 6.33 Å². The molecule has 0 saturated carbocycles. The molecule has 21 heavy (non-hydrogen) atoms. The van der Waals surface area contributed by atoms with Gasteiger partial charge in [0.2, 0.25) is 0 Å². The molecule has 0 radical (unpaired) electrons. The maximum Gasteiger partial charge on any atom is 0.257 e. The van der Waals surface area contributed by atoms with E-state index in [0.29, 0.717) is 10.7 Å². The van der Waals surface area contributed by atoms with E-state index in [2.05, 4.69) is 25.5 Å². The first-order chi connectivity index (χ1) is 10.3. The van der Waals surface area contributed by atoms with Crippen LogP contribution >= 0.6 is 23.5 Å². The molecule has 2 heterocycles. The Morgan fingerprint density at radius 1 is 1.38 bits per heavy atom. The number of thioether (sulfide) groups is 2. The summed E-state index contributed by atoms with van der Waals surface area (Å²) in [6, 6.07) is 7.54. The molecule has 1 aromatic carbocycles. The molecule has 6 nitrogen and oxygen atoms in total. The van der Waals surface area contributed by atoms with Gasteiger partial charge in [-0.2, -0.15) is 5.10 Å². The maximum absolute atomic E-state index is 12.0. The topological polar surface area (TPSA) is 83.0 Å². The summed E-state index contributed by atoms with van der Waals surface area (Å²) in [6.45, 7) is 0.776. The number of hydrogen-bond acceptors (Lipinski definition) is 6. The molecular formula is C13H13N5OS2. The third-order valence-electron chi connectivity index (χ3n) is 2.79. The van der Waals surface area contributed by atoms with Crippen molar-refractivity contribution in [2.24, 2.45) is 4.99 Å². The average molecular weight is 319 g/mol. The fourth-order valence-electron chi connectivity index (χ4n) is 1.75. The Morgan fingerprint density at radius 3 is 2.90 bits per heavy atom. The lowest BCUT2D eigenvalue weighted by molar-refractivity contribution is 0.0978. The normalized spacial score (nSPS) is 14.0. The smallest absolute Gasteiger partial charge is 0.257 e. The molecule has 0 spiro atoms. The molecule has 1 aliphatic rings. The number of hydrogen-bond donors (Lipinski definition) is 2.